The number of rotatable bonds is 6. The Morgan fingerprint density at radius 1 is 1.25 bits per heavy atom. The second kappa shape index (κ2) is 6.12. The highest BCUT2D eigenvalue weighted by Crippen LogP contribution is 2.39. The summed E-state index contributed by atoms with van der Waals surface area (Å²) >= 11 is 0. The molecular formula is C15H26O. The largest absolute Gasteiger partial charge is 0.508 e. The second-order valence-corrected chi connectivity index (χ2v) is 5.36. The Hall–Kier alpha value is -0.720. The smallest absolute Gasteiger partial charge is 0.114 e. The highest BCUT2D eigenvalue weighted by Gasteiger charge is 2.26. The van der Waals surface area contributed by atoms with Gasteiger partial charge in [-0.05, 0) is 42.7 Å². The summed E-state index contributed by atoms with van der Waals surface area (Å²) in [7, 11) is 0. The molecule has 1 aliphatic carbocycles. The van der Waals surface area contributed by atoms with Crippen molar-refractivity contribution in [3.63, 3.8) is 0 Å². The molecule has 0 saturated heterocycles. The summed E-state index contributed by atoms with van der Waals surface area (Å²) in [5.74, 6) is 0.530. The zero-order valence-electron chi connectivity index (χ0n) is 11.1. The van der Waals surface area contributed by atoms with E-state index < -0.39 is 0 Å². The van der Waals surface area contributed by atoms with Crippen LogP contribution in [-0.4, -0.2) is 5.11 Å². The Bertz CT molecular complexity index is 275. The van der Waals surface area contributed by atoms with Crippen molar-refractivity contribution in [1.29, 1.82) is 0 Å². The van der Waals surface area contributed by atoms with Gasteiger partial charge in [-0.1, -0.05) is 46.1 Å². The Labute approximate surface area is 100 Å². The van der Waals surface area contributed by atoms with Crippen molar-refractivity contribution in [2.24, 2.45) is 5.41 Å². The summed E-state index contributed by atoms with van der Waals surface area (Å²) in [6.45, 7) is 6.76. The van der Waals surface area contributed by atoms with Crippen LogP contribution in [-0.2, 0) is 0 Å². The number of allylic oxidation sites excluding steroid dienone is 3. The van der Waals surface area contributed by atoms with Crippen LogP contribution in [0.5, 0.6) is 0 Å². The molecule has 1 aliphatic rings. The molecule has 1 rings (SSSR count). The zero-order valence-corrected chi connectivity index (χ0v) is 11.1. The van der Waals surface area contributed by atoms with Gasteiger partial charge in [0.1, 0.15) is 5.76 Å². The van der Waals surface area contributed by atoms with Gasteiger partial charge < -0.3 is 5.11 Å². The van der Waals surface area contributed by atoms with E-state index in [1.54, 1.807) is 0 Å². The Balaban J connectivity index is 2.61. The fourth-order valence-electron chi connectivity index (χ4n) is 2.39. The quantitative estimate of drug-likeness (QED) is 0.659. The molecule has 16 heavy (non-hydrogen) atoms. The molecule has 0 aliphatic heterocycles. The maximum Gasteiger partial charge on any atom is 0.114 e. The zero-order chi connectivity index (χ0) is 12.0. The third-order valence-electron chi connectivity index (χ3n) is 3.56. The molecule has 0 spiro atoms. The van der Waals surface area contributed by atoms with Gasteiger partial charge in [0.05, 0.1) is 0 Å². The first-order valence-electron chi connectivity index (χ1n) is 6.71. The van der Waals surface area contributed by atoms with Crippen molar-refractivity contribution < 1.29 is 5.11 Å². The molecule has 0 heterocycles. The average molecular weight is 222 g/mol. The van der Waals surface area contributed by atoms with E-state index in [1.165, 1.54) is 37.7 Å². The molecule has 0 saturated carbocycles. The molecule has 1 atom stereocenters. The van der Waals surface area contributed by atoms with Crippen molar-refractivity contribution in [3.05, 3.63) is 23.5 Å². The molecule has 0 fully saturated rings. The molecule has 0 aromatic heterocycles. The molecule has 1 nitrogen and oxygen atoms in total. The van der Waals surface area contributed by atoms with Crippen LogP contribution in [0.2, 0.25) is 0 Å². The normalized spacial score (nSPS) is 25.2. The minimum Gasteiger partial charge on any atom is -0.508 e. The van der Waals surface area contributed by atoms with E-state index in [0.29, 0.717) is 5.76 Å². The van der Waals surface area contributed by atoms with E-state index >= 15 is 0 Å². The van der Waals surface area contributed by atoms with Crippen LogP contribution in [0.1, 0.15) is 65.7 Å². The predicted molar refractivity (Wildman–Crippen MR) is 70.6 cm³/mol. The van der Waals surface area contributed by atoms with Gasteiger partial charge in [0.2, 0.25) is 0 Å². The van der Waals surface area contributed by atoms with Crippen LogP contribution in [0.4, 0.5) is 0 Å². The van der Waals surface area contributed by atoms with Crippen LogP contribution < -0.4 is 0 Å². The van der Waals surface area contributed by atoms with E-state index in [4.69, 9.17) is 0 Å². The molecule has 0 radical (unpaired) electrons. The fraction of sp³-hybridized carbons (Fsp3) is 0.733. The minimum atomic E-state index is 0.283. The Kier molecular flexibility index (Phi) is 5.11. The molecule has 0 bridgehead atoms. The molecule has 1 N–H and O–H groups in total. The van der Waals surface area contributed by atoms with E-state index in [1.807, 2.05) is 6.08 Å². The Morgan fingerprint density at radius 2 is 1.94 bits per heavy atom. The van der Waals surface area contributed by atoms with Crippen molar-refractivity contribution in [2.75, 3.05) is 0 Å². The lowest BCUT2D eigenvalue weighted by Crippen LogP contribution is -2.18. The van der Waals surface area contributed by atoms with Crippen LogP contribution in [0.3, 0.4) is 0 Å². The highest BCUT2D eigenvalue weighted by atomic mass is 16.3. The lowest BCUT2D eigenvalue weighted by Gasteiger charge is -2.30. The van der Waals surface area contributed by atoms with Gasteiger partial charge in [-0.15, -0.1) is 0 Å². The summed E-state index contributed by atoms with van der Waals surface area (Å²) in [6, 6.07) is 0. The first-order valence-corrected chi connectivity index (χ1v) is 6.71. The first-order chi connectivity index (χ1) is 7.61. The summed E-state index contributed by atoms with van der Waals surface area (Å²) in [4.78, 5) is 0. The topological polar surface area (TPSA) is 20.2 Å². The van der Waals surface area contributed by atoms with Crippen molar-refractivity contribution in [2.45, 2.75) is 65.7 Å². The van der Waals surface area contributed by atoms with Crippen LogP contribution >= 0.6 is 0 Å². The van der Waals surface area contributed by atoms with Crippen LogP contribution in [0.25, 0.3) is 0 Å². The van der Waals surface area contributed by atoms with Gasteiger partial charge in [-0.25, -0.2) is 0 Å². The van der Waals surface area contributed by atoms with E-state index in [-0.39, 0.29) is 5.41 Å². The molecule has 92 valence electrons. The third-order valence-corrected chi connectivity index (χ3v) is 3.56. The number of aliphatic hydroxyl groups is 1. The molecule has 0 aromatic rings. The summed E-state index contributed by atoms with van der Waals surface area (Å²) in [6.07, 6.45) is 12.4. The third kappa shape index (κ3) is 3.70. The van der Waals surface area contributed by atoms with Gasteiger partial charge >= 0.3 is 0 Å². The van der Waals surface area contributed by atoms with E-state index in [9.17, 15) is 5.11 Å². The summed E-state index contributed by atoms with van der Waals surface area (Å²) in [5.41, 5.74) is 1.55. The van der Waals surface area contributed by atoms with Crippen LogP contribution in [0, 0.1) is 5.41 Å². The fourth-order valence-corrected chi connectivity index (χ4v) is 2.39. The lowest BCUT2D eigenvalue weighted by molar-refractivity contribution is 0.334. The monoisotopic (exact) mass is 222 g/mol. The molecular weight excluding hydrogens is 196 g/mol. The molecule has 1 heteroatoms. The summed E-state index contributed by atoms with van der Waals surface area (Å²) < 4.78 is 0. The maximum atomic E-state index is 9.85. The number of aliphatic hydroxyl groups excluding tert-OH is 1. The van der Waals surface area contributed by atoms with Crippen molar-refractivity contribution >= 4 is 0 Å². The van der Waals surface area contributed by atoms with Crippen LogP contribution in [0.15, 0.2) is 23.5 Å². The van der Waals surface area contributed by atoms with E-state index in [2.05, 4.69) is 26.8 Å². The number of hydrogen-bond donors (Lipinski definition) is 1. The van der Waals surface area contributed by atoms with Crippen molar-refractivity contribution in [3.8, 4) is 0 Å². The predicted octanol–water partition coefficient (Wildman–Crippen LogP) is 5.15. The van der Waals surface area contributed by atoms with Gasteiger partial charge in [0.15, 0.2) is 0 Å². The number of unbranched alkanes of at least 4 members (excludes halogenated alkanes) is 2. The second-order valence-electron chi connectivity index (χ2n) is 5.36. The minimum absolute atomic E-state index is 0.283. The van der Waals surface area contributed by atoms with Gasteiger partial charge in [-0.2, -0.15) is 0 Å². The molecule has 0 amide bonds. The van der Waals surface area contributed by atoms with Gasteiger partial charge in [0.25, 0.3) is 0 Å². The SMILES string of the molecule is CCCCC1=C(O)C=CC(C)(CCCC)C1. The standard InChI is InChI=1S/C15H26O/c1-4-6-8-13-12-15(3,10-7-5-2)11-9-14(13)16/h9,11,16H,4-8,10,12H2,1-3H3. The first kappa shape index (κ1) is 13.3. The van der Waals surface area contributed by atoms with Gasteiger partial charge in [-0.3, -0.25) is 0 Å². The van der Waals surface area contributed by atoms with Gasteiger partial charge in [0, 0.05) is 0 Å². The molecule has 1 unspecified atom stereocenters. The average Bonchev–Trinajstić information content (AvgIpc) is 2.28. The lowest BCUT2D eigenvalue weighted by atomic mass is 9.75. The molecule has 0 aromatic carbocycles. The maximum absolute atomic E-state index is 9.85. The van der Waals surface area contributed by atoms with Crippen molar-refractivity contribution in [1.82, 2.24) is 0 Å². The number of hydrogen-bond acceptors (Lipinski definition) is 1. The highest BCUT2D eigenvalue weighted by molar-refractivity contribution is 5.27. The van der Waals surface area contributed by atoms with E-state index in [0.717, 1.165) is 12.8 Å². The summed E-state index contributed by atoms with van der Waals surface area (Å²) in [5, 5.41) is 9.85. The Morgan fingerprint density at radius 3 is 2.56 bits per heavy atom.